The zero-order valence-corrected chi connectivity index (χ0v) is 11.7. The molecule has 0 amide bonds. The summed E-state index contributed by atoms with van der Waals surface area (Å²) in [4.78, 5) is 8.30. The lowest BCUT2D eigenvalue weighted by molar-refractivity contribution is 1.06. The second-order valence-corrected chi connectivity index (χ2v) is 5.08. The summed E-state index contributed by atoms with van der Waals surface area (Å²) in [5.74, 6) is 0. The summed E-state index contributed by atoms with van der Waals surface area (Å²) in [6.45, 7) is 1.96. The molecule has 20 heavy (non-hydrogen) atoms. The van der Waals surface area contributed by atoms with E-state index in [1.807, 2.05) is 47.3 Å². The molecule has 0 unspecified atom stereocenters. The summed E-state index contributed by atoms with van der Waals surface area (Å²) >= 11 is 1.54. The lowest BCUT2D eigenvalue weighted by Gasteiger charge is -2.01. The molecule has 0 fully saturated rings. The first-order valence-electron chi connectivity index (χ1n) is 6.11. The number of aromatic nitrogens is 3. The third-order valence-electron chi connectivity index (χ3n) is 2.69. The molecule has 0 aliphatic rings. The van der Waals surface area contributed by atoms with Crippen LogP contribution in [0.4, 0.5) is 5.13 Å². The van der Waals surface area contributed by atoms with Gasteiger partial charge in [-0.15, -0.1) is 11.3 Å². The molecule has 100 valence electrons. The van der Waals surface area contributed by atoms with Crippen LogP contribution in [0.1, 0.15) is 11.3 Å². The van der Waals surface area contributed by atoms with E-state index in [1.165, 1.54) is 11.3 Å². The molecule has 0 aliphatic carbocycles. The van der Waals surface area contributed by atoms with Crippen molar-refractivity contribution >= 4 is 22.7 Å². The Bertz CT molecular complexity index is 698. The van der Waals surface area contributed by atoms with E-state index < -0.39 is 0 Å². The van der Waals surface area contributed by atoms with Crippen molar-refractivity contribution in [1.29, 1.82) is 0 Å². The van der Waals surface area contributed by atoms with E-state index >= 15 is 0 Å². The Balaban J connectivity index is 1.66. The maximum atomic E-state index is 4.27. The van der Waals surface area contributed by atoms with Crippen molar-refractivity contribution in [2.24, 2.45) is 5.10 Å². The van der Waals surface area contributed by atoms with Crippen LogP contribution in [-0.4, -0.2) is 20.7 Å². The number of rotatable bonds is 4. The van der Waals surface area contributed by atoms with Crippen LogP contribution in [0.2, 0.25) is 0 Å². The predicted octanol–water partition coefficient (Wildman–Crippen LogP) is 3.08. The predicted molar refractivity (Wildman–Crippen MR) is 81.6 cm³/mol. The number of imidazole rings is 1. The summed E-state index contributed by atoms with van der Waals surface area (Å²) in [5.41, 5.74) is 6.01. The standard InChI is InChI=1S/C14H13N5S/c1-11-9-20-14(17-11)18-16-8-12-2-4-13(5-3-12)19-7-6-15-10-19/h2-10H,1H3,(H,17,18). The summed E-state index contributed by atoms with van der Waals surface area (Å²) < 4.78 is 1.96. The summed E-state index contributed by atoms with van der Waals surface area (Å²) in [7, 11) is 0. The maximum absolute atomic E-state index is 4.27. The smallest absolute Gasteiger partial charge is 0.203 e. The molecule has 0 saturated carbocycles. The third kappa shape index (κ3) is 2.92. The van der Waals surface area contributed by atoms with E-state index in [9.17, 15) is 0 Å². The number of nitrogens with one attached hydrogen (secondary N) is 1. The zero-order chi connectivity index (χ0) is 13.8. The van der Waals surface area contributed by atoms with Gasteiger partial charge in [-0.1, -0.05) is 12.1 Å². The van der Waals surface area contributed by atoms with Gasteiger partial charge in [0.1, 0.15) is 0 Å². The molecule has 0 radical (unpaired) electrons. The highest BCUT2D eigenvalue weighted by Gasteiger charge is 1.96. The maximum Gasteiger partial charge on any atom is 0.203 e. The van der Waals surface area contributed by atoms with Gasteiger partial charge in [-0.25, -0.2) is 9.97 Å². The van der Waals surface area contributed by atoms with E-state index in [0.717, 1.165) is 22.1 Å². The third-order valence-corrected chi connectivity index (χ3v) is 3.55. The lowest BCUT2D eigenvalue weighted by atomic mass is 10.2. The van der Waals surface area contributed by atoms with Crippen LogP contribution < -0.4 is 5.43 Å². The van der Waals surface area contributed by atoms with E-state index in [0.29, 0.717) is 0 Å². The van der Waals surface area contributed by atoms with Gasteiger partial charge in [-0.3, -0.25) is 5.43 Å². The Kier molecular flexibility index (Phi) is 3.56. The number of benzene rings is 1. The zero-order valence-electron chi connectivity index (χ0n) is 10.9. The molecule has 3 rings (SSSR count). The highest BCUT2D eigenvalue weighted by atomic mass is 32.1. The van der Waals surface area contributed by atoms with Crippen molar-refractivity contribution in [2.45, 2.75) is 6.92 Å². The summed E-state index contributed by atoms with van der Waals surface area (Å²) in [6, 6.07) is 8.06. The number of hydrazone groups is 1. The number of aryl methyl sites for hydroxylation is 1. The quantitative estimate of drug-likeness (QED) is 0.591. The molecule has 2 heterocycles. The van der Waals surface area contributed by atoms with Crippen molar-refractivity contribution in [3.63, 3.8) is 0 Å². The van der Waals surface area contributed by atoms with Gasteiger partial charge in [0.2, 0.25) is 5.13 Å². The lowest BCUT2D eigenvalue weighted by Crippen LogP contribution is -1.92. The van der Waals surface area contributed by atoms with Gasteiger partial charge in [-0.05, 0) is 24.6 Å². The Morgan fingerprint density at radius 1 is 1.30 bits per heavy atom. The molecular weight excluding hydrogens is 270 g/mol. The highest BCUT2D eigenvalue weighted by molar-refractivity contribution is 7.13. The molecule has 2 aromatic heterocycles. The van der Waals surface area contributed by atoms with Gasteiger partial charge in [-0.2, -0.15) is 5.10 Å². The second kappa shape index (κ2) is 5.66. The molecule has 3 aromatic rings. The molecule has 0 spiro atoms. The SMILES string of the molecule is Cc1csc(NN=Cc2ccc(-n3ccnc3)cc2)n1. The molecule has 0 saturated heterocycles. The van der Waals surface area contributed by atoms with Gasteiger partial charge < -0.3 is 4.57 Å². The summed E-state index contributed by atoms with van der Waals surface area (Å²) in [6.07, 6.45) is 7.22. The molecule has 0 atom stereocenters. The Labute approximate surface area is 120 Å². The van der Waals surface area contributed by atoms with E-state index in [-0.39, 0.29) is 0 Å². The van der Waals surface area contributed by atoms with Gasteiger partial charge in [0.15, 0.2) is 0 Å². The van der Waals surface area contributed by atoms with Crippen molar-refractivity contribution in [3.05, 3.63) is 59.6 Å². The number of thiazole rings is 1. The van der Waals surface area contributed by atoms with Crippen LogP contribution in [0.25, 0.3) is 5.69 Å². The first-order chi connectivity index (χ1) is 9.81. The normalized spacial score (nSPS) is 11.1. The van der Waals surface area contributed by atoms with Crippen LogP contribution in [0.3, 0.4) is 0 Å². The monoisotopic (exact) mass is 283 g/mol. The fraction of sp³-hybridized carbons (Fsp3) is 0.0714. The molecule has 1 aromatic carbocycles. The van der Waals surface area contributed by atoms with Crippen LogP contribution in [0.15, 0.2) is 53.5 Å². The van der Waals surface area contributed by atoms with Crippen molar-refractivity contribution in [1.82, 2.24) is 14.5 Å². The van der Waals surface area contributed by atoms with Gasteiger partial charge in [0.25, 0.3) is 0 Å². The van der Waals surface area contributed by atoms with Crippen LogP contribution in [0.5, 0.6) is 0 Å². The largest absolute Gasteiger partial charge is 0.306 e. The fourth-order valence-electron chi connectivity index (χ4n) is 1.71. The van der Waals surface area contributed by atoms with Gasteiger partial charge >= 0.3 is 0 Å². The molecule has 0 aliphatic heterocycles. The first-order valence-corrected chi connectivity index (χ1v) is 6.99. The first kappa shape index (κ1) is 12.6. The van der Waals surface area contributed by atoms with Crippen molar-refractivity contribution in [3.8, 4) is 5.69 Å². The average Bonchev–Trinajstić information content (AvgIpc) is 3.11. The van der Waals surface area contributed by atoms with Crippen LogP contribution >= 0.6 is 11.3 Å². The molecule has 1 N–H and O–H groups in total. The Hall–Kier alpha value is -2.47. The van der Waals surface area contributed by atoms with Crippen LogP contribution in [0, 0.1) is 6.92 Å². The van der Waals surface area contributed by atoms with E-state index in [1.54, 1.807) is 18.7 Å². The Morgan fingerprint density at radius 2 is 2.15 bits per heavy atom. The van der Waals surface area contributed by atoms with E-state index in [2.05, 4.69) is 20.5 Å². The fourth-order valence-corrected chi connectivity index (χ4v) is 2.35. The summed E-state index contributed by atoms with van der Waals surface area (Å²) in [5, 5.41) is 6.96. The van der Waals surface area contributed by atoms with Gasteiger partial charge in [0.05, 0.1) is 18.2 Å². The van der Waals surface area contributed by atoms with Gasteiger partial charge in [0, 0.05) is 23.5 Å². The average molecular weight is 283 g/mol. The minimum absolute atomic E-state index is 0.800. The topological polar surface area (TPSA) is 55.1 Å². The molecule has 6 heteroatoms. The van der Waals surface area contributed by atoms with Crippen LogP contribution in [-0.2, 0) is 0 Å². The van der Waals surface area contributed by atoms with Crippen molar-refractivity contribution < 1.29 is 0 Å². The molecular formula is C14H13N5S. The minimum Gasteiger partial charge on any atom is -0.306 e. The minimum atomic E-state index is 0.800. The molecule has 0 bridgehead atoms. The number of anilines is 1. The Morgan fingerprint density at radius 3 is 2.80 bits per heavy atom. The second-order valence-electron chi connectivity index (χ2n) is 4.23. The number of hydrogen-bond acceptors (Lipinski definition) is 5. The number of nitrogens with zero attached hydrogens (tertiary/aromatic N) is 4. The highest BCUT2D eigenvalue weighted by Crippen LogP contribution is 2.14. The van der Waals surface area contributed by atoms with E-state index in [4.69, 9.17) is 0 Å². The molecule has 5 nitrogen and oxygen atoms in total. The van der Waals surface area contributed by atoms with Crippen molar-refractivity contribution in [2.75, 3.05) is 5.43 Å². The number of hydrogen-bond donors (Lipinski definition) is 1.